The molecule has 0 fully saturated rings. The molecule has 0 rings (SSSR count). The number of esters is 1. The summed E-state index contributed by atoms with van der Waals surface area (Å²) in [5, 5.41) is 0. The Labute approximate surface area is 220 Å². The number of hydrogen-bond acceptors (Lipinski definition) is 3. The van der Waals surface area contributed by atoms with Gasteiger partial charge in [0.05, 0.1) is 6.61 Å². The van der Waals surface area contributed by atoms with E-state index in [4.69, 9.17) is 9.47 Å². The summed E-state index contributed by atoms with van der Waals surface area (Å²) in [4.78, 5) is 11.8. The number of carbonyl (C=O) groups excluding carboxylic acids is 1. The average molecular weight is 497 g/mol. The minimum atomic E-state index is -0.0537. The van der Waals surface area contributed by atoms with Gasteiger partial charge in [0.25, 0.3) is 0 Å². The molecule has 0 aliphatic carbocycles. The highest BCUT2D eigenvalue weighted by molar-refractivity contribution is 5.69. The van der Waals surface area contributed by atoms with Gasteiger partial charge in [-0.05, 0) is 12.8 Å². The fraction of sp³-hybridized carbons (Fsp3) is 0.969. The van der Waals surface area contributed by atoms with Crippen molar-refractivity contribution in [1.82, 2.24) is 0 Å². The van der Waals surface area contributed by atoms with Gasteiger partial charge in [-0.15, -0.1) is 0 Å². The summed E-state index contributed by atoms with van der Waals surface area (Å²) >= 11 is 0. The van der Waals surface area contributed by atoms with Crippen LogP contribution in [0.5, 0.6) is 0 Å². The fourth-order valence-corrected chi connectivity index (χ4v) is 4.72. The standard InChI is InChI=1S/C32H64O3/c1-3-5-7-9-11-13-15-17-18-20-22-24-26-28-32(33)35-31-30-34-29-27-25-23-21-19-16-14-12-10-8-6-4-2/h3-31H2,1-2H3. The SMILES string of the molecule is CCCCCCCCCCCCCCCC(=O)OCCOCCCCCCCCCCCCCC. The Balaban J connectivity index is 3.14. The first-order chi connectivity index (χ1) is 17.3. The topological polar surface area (TPSA) is 35.5 Å². The molecule has 0 aromatic heterocycles. The molecule has 0 bridgehead atoms. The Hall–Kier alpha value is -0.570. The van der Waals surface area contributed by atoms with Crippen LogP contribution in [-0.4, -0.2) is 25.8 Å². The maximum Gasteiger partial charge on any atom is 0.305 e. The number of ether oxygens (including phenoxy) is 2. The molecular weight excluding hydrogens is 432 g/mol. The van der Waals surface area contributed by atoms with Crippen LogP contribution in [0.1, 0.15) is 181 Å². The van der Waals surface area contributed by atoms with Crippen molar-refractivity contribution >= 4 is 5.97 Å². The second kappa shape index (κ2) is 31.5. The maximum absolute atomic E-state index is 11.8. The van der Waals surface area contributed by atoms with Crippen LogP contribution in [0.4, 0.5) is 0 Å². The molecule has 0 aromatic carbocycles. The van der Waals surface area contributed by atoms with Gasteiger partial charge in [0.1, 0.15) is 6.61 Å². The molecule has 0 heterocycles. The molecule has 0 saturated heterocycles. The maximum atomic E-state index is 11.8. The van der Waals surface area contributed by atoms with Crippen LogP contribution < -0.4 is 0 Å². The van der Waals surface area contributed by atoms with E-state index < -0.39 is 0 Å². The highest BCUT2D eigenvalue weighted by atomic mass is 16.6. The predicted octanol–water partition coefficient (Wildman–Crippen LogP) is 10.7. The number of rotatable bonds is 30. The Morgan fingerprint density at radius 3 is 1.14 bits per heavy atom. The van der Waals surface area contributed by atoms with Crippen molar-refractivity contribution in [1.29, 1.82) is 0 Å². The molecule has 35 heavy (non-hydrogen) atoms. The zero-order chi connectivity index (χ0) is 25.5. The Kier molecular flexibility index (Phi) is 30.9. The molecule has 0 spiro atoms. The first-order valence-corrected chi connectivity index (χ1v) is 16.0. The lowest BCUT2D eigenvalue weighted by Crippen LogP contribution is -2.10. The average Bonchev–Trinajstić information content (AvgIpc) is 2.86. The zero-order valence-electron chi connectivity index (χ0n) is 24.2. The molecule has 0 saturated carbocycles. The predicted molar refractivity (Wildman–Crippen MR) is 153 cm³/mol. The second-order valence-corrected chi connectivity index (χ2v) is 10.7. The quantitative estimate of drug-likeness (QED) is 0.0732. The molecule has 0 atom stereocenters. The first-order valence-electron chi connectivity index (χ1n) is 16.0. The lowest BCUT2D eigenvalue weighted by atomic mass is 10.0. The molecule has 0 aromatic rings. The van der Waals surface area contributed by atoms with Crippen LogP contribution in [0.25, 0.3) is 0 Å². The summed E-state index contributed by atoms with van der Waals surface area (Å²) in [5.74, 6) is -0.0537. The number of carbonyl (C=O) groups is 1. The summed E-state index contributed by atoms with van der Waals surface area (Å²) in [6, 6.07) is 0. The van der Waals surface area contributed by atoms with Crippen molar-refractivity contribution in [2.24, 2.45) is 0 Å². The summed E-state index contributed by atoms with van der Waals surface area (Å²) in [5.41, 5.74) is 0. The Bertz CT molecular complexity index is 396. The fourth-order valence-electron chi connectivity index (χ4n) is 4.72. The van der Waals surface area contributed by atoms with Crippen molar-refractivity contribution in [3.63, 3.8) is 0 Å². The van der Waals surface area contributed by atoms with E-state index in [1.165, 1.54) is 141 Å². The van der Waals surface area contributed by atoms with Crippen LogP contribution in [-0.2, 0) is 14.3 Å². The molecular formula is C32H64O3. The van der Waals surface area contributed by atoms with E-state index >= 15 is 0 Å². The molecule has 0 amide bonds. The van der Waals surface area contributed by atoms with E-state index in [0.29, 0.717) is 19.6 Å². The van der Waals surface area contributed by atoms with E-state index in [1.807, 2.05) is 0 Å². The van der Waals surface area contributed by atoms with Gasteiger partial charge in [-0.25, -0.2) is 0 Å². The van der Waals surface area contributed by atoms with Crippen LogP contribution in [0, 0.1) is 0 Å². The van der Waals surface area contributed by atoms with Gasteiger partial charge >= 0.3 is 5.97 Å². The van der Waals surface area contributed by atoms with Gasteiger partial charge in [0, 0.05) is 13.0 Å². The monoisotopic (exact) mass is 496 g/mol. The molecule has 0 radical (unpaired) electrons. The van der Waals surface area contributed by atoms with E-state index in [0.717, 1.165) is 25.9 Å². The van der Waals surface area contributed by atoms with Crippen molar-refractivity contribution in [3.8, 4) is 0 Å². The van der Waals surface area contributed by atoms with Crippen molar-refractivity contribution < 1.29 is 14.3 Å². The molecule has 0 N–H and O–H groups in total. The zero-order valence-corrected chi connectivity index (χ0v) is 24.2. The van der Waals surface area contributed by atoms with E-state index in [2.05, 4.69) is 13.8 Å². The summed E-state index contributed by atoms with van der Waals surface area (Å²) in [7, 11) is 0. The van der Waals surface area contributed by atoms with Crippen LogP contribution in [0.15, 0.2) is 0 Å². The van der Waals surface area contributed by atoms with E-state index in [1.54, 1.807) is 0 Å². The van der Waals surface area contributed by atoms with Crippen LogP contribution >= 0.6 is 0 Å². The van der Waals surface area contributed by atoms with Crippen LogP contribution in [0.2, 0.25) is 0 Å². The third-order valence-corrected chi connectivity index (χ3v) is 7.12. The number of unbranched alkanes of at least 4 members (excludes halogenated alkanes) is 23. The van der Waals surface area contributed by atoms with Crippen LogP contribution in [0.3, 0.4) is 0 Å². The lowest BCUT2D eigenvalue weighted by molar-refractivity contribution is -0.145. The molecule has 3 heteroatoms. The third-order valence-electron chi connectivity index (χ3n) is 7.12. The smallest absolute Gasteiger partial charge is 0.305 e. The van der Waals surface area contributed by atoms with E-state index in [9.17, 15) is 4.79 Å². The second-order valence-electron chi connectivity index (χ2n) is 10.7. The minimum Gasteiger partial charge on any atom is -0.463 e. The molecule has 3 nitrogen and oxygen atoms in total. The van der Waals surface area contributed by atoms with Gasteiger partial charge < -0.3 is 9.47 Å². The summed E-state index contributed by atoms with van der Waals surface area (Å²) < 4.78 is 10.9. The highest BCUT2D eigenvalue weighted by Crippen LogP contribution is 2.14. The largest absolute Gasteiger partial charge is 0.463 e. The molecule has 210 valence electrons. The van der Waals surface area contributed by atoms with Crippen molar-refractivity contribution in [2.45, 2.75) is 181 Å². The molecule has 0 aliphatic rings. The highest BCUT2D eigenvalue weighted by Gasteiger charge is 2.02. The van der Waals surface area contributed by atoms with Gasteiger partial charge in [-0.3, -0.25) is 4.79 Å². The van der Waals surface area contributed by atoms with Crippen molar-refractivity contribution in [3.05, 3.63) is 0 Å². The molecule has 0 aliphatic heterocycles. The van der Waals surface area contributed by atoms with Gasteiger partial charge in [-0.2, -0.15) is 0 Å². The third kappa shape index (κ3) is 31.4. The van der Waals surface area contributed by atoms with Crippen molar-refractivity contribution in [2.75, 3.05) is 19.8 Å². The molecule has 0 unspecified atom stereocenters. The first kappa shape index (κ1) is 34.4. The van der Waals surface area contributed by atoms with Gasteiger partial charge in [0.15, 0.2) is 0 Å². The Morgan fingerprint density at radius 2 is 0.743 bits per heavy atom. The number of hydrogen-bond donors (Lipinski definition) is 0. The van der Waals surface area contributed by atoms with E-state index in [-0.39, 0.29) is 5.97 Å². The Morgan fingerprint density at radius 1 is 0.400 bits per heavy atom. The van der Waals surface area contributed by atoms with Gasteiger partial charge in [0.2, 0.25) is 0 Å². The normalized spacial score (nSPS) is 11.3. The van der Waals surface area contributed by atoms with Gasteiger partial charge in [-0.1, -0.05) is 162 Å². The lowest BCUT2D eigenvalue weighted by Gasteiger charge is -2.07. The summed E-state index contributed by atoms with van der Waals surface area (Å²) in [6.07, 6.45) is 34.2. The summed E-state index contributed by atoms with van der Waals surface area (Å²) in [6.45, 7) is 6.31. The minimum absolute atomic E-state index is 0.0537.